The van der Waals surface area contributed by atoms with E-state index in [0.717, 1.165) is 21.9 Å². The summed E-state index contributed by atoms with van der Waals surface area (Å²) in [5.41, 5.74) is 8.75. The third-order valence-corrected chi connectivity index (χ3v) is 5.17. The number of pyridine rings is 1. The average molecular weight is 457 g/mol. The normalized spacial score (nSPS) is 12.1. The van der Waals surface area contributed by atoms with Crippen LogP contribution in [0.3, 0.4) is 0 Å². The van der Waals surface area contributed by atoms with Crippen LogP contribution in [-0.4, -0.2) is 40.5 Å². The highest BCUT2D eigenvalue weighted by Gasteiger charge is 2.19. The Kier molecular flexibility index (Phi) is 6.25. The van der Waals surface area contributed by atoms with Crippen molar-refractivity contribution in [2.24, 2.45) is 0 Å². The Bertz CT molecular complexity index is 1280. The Hall–Kier alpha value is -3.61. The van der Waals surface area contributed by atoms with Crippen molar-refractivity contribution in [1.29, 1.82) is 0 Å². The van der Waals surface area contributed by atoms with Crippen LogP contribution in [0.1, 0.15) is 5.56 Å². The Balaban J connectivity index is 1.66. The van der Waals surface area contributed by atoms with E-state index in [-0.39, 0.29) is 17.3 Å². The van der Waals surface area contributed by atoms with E-state index in [1.54, 1.807) is 12.3 Å². The largest absolute Gasteiger partial charge is 0.383 e. The maximum Gasteiger partial charge on any atom is 0.231 e. The van der Waals surface area contributed by atoms with Crippen LogP contribution in [0.2, 0.25) is 0 Å². The lowest BCUT2D eigenvalue weighted by Gasteiger charge is -2.10. The minimum absolute atomic E-state index is 0.112. The van der Waals surface area contributed by atoms with E-state index in [1.165, 1.54) is 12.1 Å². The van der Waals surface area contributed by atoms with E-state index in [4.69, 9.17) is 10.3 Å². The second-order valence-electron chi connectivity index (χ2n) is 6.73. The maximum absolute atomic E-state index is 14.3. The van der Waals surface area contributed by atoms with Gasteiger partial charge < -0.3 is 5.73 Å². The summed E-state index contributed by atoms with van der Waals surface area (Å²) in [6, 6.07) is 12.9. The van der Waals surface area contributed by atoms with Crippen LogP contribution in [-0.2, 0) is 17.7 Å². The van der Waals surface area contributed by atoms with Crippen LogP contribution < -0.4 is 10.5 Å². The van der Waals surface area contributed by atoms with Crippen molar-refractivity contribution in [3.63, 3.8) is 0 Å². The van der Waals surface area contributed by atoms with Crippen molar-refractivity contribution in [3.8, 4) is 28.2 Å². The molecule has 4 N–H and O–H groups in total. The number of rotatable bonds is 7. The number of aromatic nitrogens is 5. The van der Waals surface area contributed by atoms with E-state index in [1.807, 2.05) is 24.3 Å². The number of nitrogens with two attached hydrogens (primary N) is 1. The molecular weight excluding hydrogens is 440 g/mol. The SMILES string of the molecule is Nc1ncc(-c2ccc(CCNS(=O)O)cc2)cc1-c1nnnn1-c1cccc(F)c1F. The van der Waals surface area contributed by atoms with Crippen LogP contribution >= 0.6 is 0 Å². The minimum Gasteiger partial charge on any atom is -0.383 e. The number of nitrogens with zero attached hydrogens (tertiary/aromatic N) is 5. The molecule has 0 fully saturated rings. The first-order valence-electron chi connectivity index (χ1n) is 9.36. The molecule has 0 aliphatic rings. The van der Waals surface area contributed by atoms with Crippen molar-refractivity contribution < 1.29 is 17.5 Å². The fraction of sp³-hybridized carbons (Fsp3) is 0.100. The molecule has 0 bridgehead atoms. The number of halogens is 2. The number of tetrazole rings is 1. The third kappa shape index (κ3) is 4.51. The highest BCUT2D eigenvalue weighted by Crippen LogP contribution is 2.30. The molecule has 1 atom stereocenters. The number of nitrogens with one attached hydrogen (secondary N) is 1. The summed E-state index contributed by atoms with van der Waals surface area (Å²) in [6.45, 7) is 0.356. The molecule has 0 saturated carbocycles. The lowest BCUT2D eigenvalue weighted by atomic mass is 10.0. The van der Waals surface area contributed by atoms with Gasteiger partial charge in [0.1, 0.15) is 11.5 Å². The summed E-state index contributed by atoms with van der Waals surface area (Å²) in [6.07, 6.45) is 2.16. The lowest BCUT2D eigenvalue weighted by Crippen LogP contribution is -2.18. The van der Waals surface area contributed by atoms with Gasteiger partial charge in [-0.3, -0.25) is 4.55 Å². The van der Waals surface area contributed by atoms with Gasteiger partial charge in [0.05, 0.1) is 5.56 Å². The van der Waals surface area contributed by atoms with E-state index in [9.17, 15) is 13.0 Å². The molecule has 0 saturated heterocycles. The fourth-order valence-electron chi connectivity index (χ4n) is 3.13. The maximum atomic E-state index is 14.3. The zero-order chi connectivity index (χ0) is 22.7. The number of nitrogen functional groups attached to an aromatic ring is 1. The molecule has 164 valence electrons. The third-order valence-electron chi connectivity index (χ3n) is 4.71. The number of benzene rings is 2. The molecule has 12 heteroatoms. The van der Waals surface area contributed by atoms with Crippen molar-refractivity contribution in [3.05, 3.63) is 71.9 Å². The highest BCUT2D eigenvalue weighted by atomic mass is 32.2. The lowest BCUT2D eigenvalue weighted by molar-refractivity contribution is 0.501. The summed E-state index contributed by atoms with van der Waals surface area (Å²) in [4.78, 5) is 4.21. The van der Waals surface area contributed by atoms with Gasteiger partial charge in [-0.2, -0.15) is 4.68 Å². The fourth-order valence-corrected chi connectivity index (χ4v) is 3.41. The number of hydrogen-bond donors (Lipinski definition) is 3. The summed E-state index contributed by atoms with van der Waals surface area (Å²) >= 11 is -2.04. The van der Waals surface area contributed by atoms with Gasteiger partial charge in [0, 0.05) is 18.3 Å². The van der Waals surface area contributed by atoms with E-state index < -0.39 is 22.9 Å². The van der Waals surface area contributed by atoms with E-state index in [0.29, 0.717) is 24.1 Å². The molecular formula is C20H17F2N7O2S. The minimum atomic E-state index is -2.04. The molecule has 32 heavy (non-hydrogen) atoms. The molecule has 0 aliphatic heterocycles. The first kappa shape index (κ1) is 21.6. The van der Waals surface area contributed by atoms with Gasteiger partial charge in [0.15, 0.2) is 17.5 Å². The van der Waals surface area contributed by atoms with Crippen molar-refractivity contribution >= 4 is 17.1 Å². The topological polar surface area (TPSA) is 132 Å². The van der Waals surface area contributed by atoms with Crippen molar-refractivity contribution in [1.82, 2.24) is 29.9 Å². The molecule has 0 amide bonds. The van der Waals surface area contributed by atoms with Crippen molar-refractivity contribution in [2.45, 2.75) is 6.42 Å². The Morgan fingerprint density at radius 3 is 2.66 bits per heavy atom. The van der Waals surface area contributed by atoms with Crippen LogP contribution in [0.4, 0.5) is 14.6 Å². The molecule has 2 heterocycles. The monoisotopic (exact) mass is 457 g/mol. The quantitative estimate of drug-likeness (QED) is 0.363. The molecule has 9 nitrogen and oxygen atoms in total. The van der Waals surface area contributed by atoms with Gasteiger partial charge in [-0.05, 0) is 46.2 Å². The molecule has 0 aliphatic carbocycles. The first-order chi connectivity index (χ1) is 15.4. The van der Waals surface area contributed by atoms with Gasteiger partial charge >= 0.3 is 0 Å². The zero-order valence-corrected chi connectivity index (χ0v) is 17.3. The van der Waals surface area contributed by atoms with Gasteiger partial charge in [-0.15, -0.1) is 5.10 Å². The smallest absolute Gasteiger partial charge is 0.231 e. The van der Waals surface area contributed by atoms with Gasteiger partial charge in [0.25, 0.3) is 0 Å². The predicted octanol–water partition coefficient (Wildman–Crippen LogP) is 2.52. The molecule has 1 unspecified atom stereocenters. The second-order valence-corrected chi connectivity index (χ2v) is 7.52. The first-order valence-corrected chi connectivity index (χ1v) is 10.5. The second kappa shape index (κ2) is 9.26. The highest BCUT2D eigenvalue weighted by molar-refractivity contribution is 7.77. The van der Waals surface area contributed by atoms with Crippen LogP contribution in [0.5, 0.6) is 0 Å². The summed E-state index contributed by atoms with van der Waals surface area (Å²) in [5.74, 6) is -1.87. The van der Waals surface area contributed by atoms with E-state index >= 15 is 0 Å². The van der Waals surface area contributed by atoms with Crippen LogP contribution in [0.15, 0.2) is 54.7 Å². The Morgan fingerprint density at radius 1 is 1.12 bits per heavy atom. The van der Waals surface area contributed by atoms with E-state index in [2.05, 4.69) is 25.2 Å². The number of hydrogen-bond acceptors (Lipinski definition) is 6. The van der Waals surface area contributed by atoms with Gasteiger partial charge in [0.2, 0.25) is 11.3 Å². The summed E-state index contributed by atoms with van der Waals surface area (Å²) in [7, 11) is 0. The average Bonchev–Trinajstić information content (AvgIpc) is 3.26. The van der Waals surface area contributed by atoms with Gasteiger partial charge in [-0.25, -0.2) is 22.7 Å². The molecule has 2 aromatic carbocycles. The summed E-state index contributed by atoms with van der Waals surface area (Å²) < 4.78 is 50.9. The molecule has 2 aromatic heterocycles. The molecule has 4 rings (SSSR count). The zero-order valence-electron chi connectivity index (χ0n) is 16.4. The standard InChI is InChI=1S/C20H17F2N7O2S/c21-16-2-1-3-17(18(16)22)29-20(26-27-28-29)15-10-14(11-24-19(15)23)13-6-4-12(5-7-13)8-9-25-32(30)31/h1-7,10-11,25H,8-9H2,(H2,23,24)(H,30,31). The molecule has 0 radical (unpaired) electrons. The predicted molar refractivity (Wildman–Crippen MR) is 115 cm³/mol. The summed E-state index contributed by atoms with van der Waals surface area (Å²) in [5, 5.41) is 11.3. The van der Waals surface area contributed by atoms with Crippen LogP contribution in [0.25, 0.3) is 28.2 Å². The van der Waals surface area contributed by atoms with Crippen molar-refractivity contribution in [2.75, 3.05) is 12.3 Å². The molecule has 0 spiro atoms. The van der Waals surface area contributed by atoms with Gasteiger partial charge in [-0.1, -0.05) is 30.3 Å². The Labute approximate surface area is 183 Å². The molecule has 4 aromatic rings. The Morgan fingerprint density at radius 2 is 1.91 bits per heavy atom. The van der Waals surface area contributed by atoms with Crippen LogP contribution in [0, 0.1) is 11.6 Å². The number of anilines is 1.